The number of hydrogen-bond acceptors (Lipinski definition) is 7. The number of piperidine rings is 1. The fourth-order valence-corrected chi connectivity index (χ4v) is 6.32. The maximum atomic E-state index is 13.3. The minimum Gasteiger partial charge on any atom is -0.339 e. The second-order valence-electron chi connectivity index (χ2n) is 7.44. The second-order valence-corrected chi connectivity index (χ2v) is 10.5. The van der Waals surface area contributed by atoms with Gasteiger partial charge in [0.1, 0.15) is 10.0 Å². The molecule has 164 valence electrons. The number of sulfonamides is 1. The van der Waals surface area contributed by atoms with Gasteiger partial charge in [0.25, 0.3) is 10.0 Å². The highest BCUT2D eigenvalue weighted by Crippen LogP contribution is 2.31. The fraction of sp³-hybridized carbons (Fsp3) is 0.350. The van der Waals surface area contributed by atoms with E-state index in [1.54, 1.807) is 19.2 Å². The molecule has 11 heteroatoms. The summed E-state index contributed by atoms with van der Waals surface area (Å²) >= 11 is 1.08. The zero-order valence-electron chi connectivity index (χ0n) is 17.0. The molecule has 1 fully saturated rings. The molecule has 1 unspecified atom stereocenters. The van der Waals surface area contributed by atoms with Gasteiger partial charge < -0.3 is 9.84 Å². The zero-order chi connectivity index (χ0) is 22.2. The average molecular weight is 465 g/mol. The van der Waals surface area contributed by atoms with Gasteiger partial charge in [0.05, 0.1) is 5.92 Å². The monoisotopic (exact) mass is 464 g/mol. The molecular formula is C20H21FN4O4S2. The predicted octanol–water partition coefficient (Wildman–Crippen LogP) is 3.59. The first-order chi connectivity index (χ1) is 14.7. The van der Waals surface area contributed by atoms with Crippen LogP contribution in [-0.2, 0) is 14.8 Å². The first kappa shape index (κ1) is 21.6. The maximum absolute atomic E-state index is 13.3. The highest BCUT2D eigenvalue weighted by atomic mass is 32.2. The van der Waals surface area contributed by atoms with Crippen molar-refractivity contribution in [1.82, 2.24) is 14.4 Å². The zero-order valence-corrected chi connectivity index (χ0v) is 18.6. The maximum Gasteiger partial charge on any atom is 0.252 e. The van der Waals surface area contributed by atoms with Gasteiger partial charge in [-0.15, -0.1) is 11.3 Å². The van der Waals surface area contributed by atoms with E-state index in [9.17, 15) is 17.6 Å². The molecule has 0 radical (unpaired) electrons. The number of anilines is 1. The van der Waals surface area contributed by atoms with Crippen LogP contribution in [0.25, 0.3) is 11.4 Å². The van der Waals surface area contributed by atoms with Crippen LogP contribution >= 0.6 is 11.3 Å². The van der Waals surface area contributed by atoms with E-state index in [0.717, 1.165) is 11.3 Å². The number of halogens is 1. The first-order valence-corrected chi connectivity index (χ1v) is 12.0. The number of rotatable bonds is 5. The lowest BCUT2D eigenvalue weighted by molar-refractivity contribution is -0.120. The highest BCUT2D eigenvalue weighted by molar-refractivity contribution is 7.91. The molecule has 2 aromatic heterocycles. The number of hydrogen-bond donors (Lipinski definition) is 1. The van der Waals surface area contributed by atoms with Gasteiger partial charge >= 0.3 is 0 Å². The van der Waals surface area contributed by atoms with E-state index in [1.807, 2.05) is 0 Å². The number of amides is 1. The molecule has 1 saturated heterocycles. The van der Waals surface area contributed by atoms with Crippen molar-refractivity contribution in [3.63, 3.8) is 0 Å². The summed E-state index contributed by atoms with van der Waals surface area (Å²) in [6.45, 7) is 3.79. The van der Waals surface area contributed by atoms with Crippen LogP contribution in [0.4, 0.5) is 10.1 Å². The molecule has 1 atom stereocenters. The van der Waals surface area contributed by atoms with Crippen LogP contribution in [0.5, 0.6) is 0 Å². The van der Waals surface area contributed by atoms with Crippen LogP contribution in [0.3, 0.4) is 0 Å². The summed E-state index contributed by atoms with van der Waals surface area (Å²) in [5.41, 5.74) is 1.69. The Morgan fingerprint density at radius 2 is 2.13 bits per heavy atom. The summed E-state index contributed by atoms with van der Waals surface area (Å²) in [5, 5.41) is 8.28. The second kappa shape index (κ2) is 8.48. The quantitative estimate of drug-likeness (QED) is 0.619. The molecule has 0 saturated carbocycles. The van der Waals surface area contributed by atoms with E-state index in [0.29, 0.717) is 47.9 Å². The molecule has 1 aliphatic heterocycles. The molecule has 0 spiro atoms. The molecule has 1 aromatic carbocycles. The summed E-state index contributed by atoms with van der Waals surface area (Å²) < 4.78 is 46.1. The predicted molar refractivity (Wildman–Crippen MR) is 114 cm³/mol. The van der Waals surface area contributed by atoms with Gasteiger partial charge in [0.15, 0.2) is 0 Å². The molecule has 0 aliphatic carbocycles. The Morgan fingerprint density at radius 3 is 2.84 bits per heavy atom. The number of carbonyl (C=O) groups excluding carboxylic acids is 1. The Labute approximate surface area is 183 Å². The van der Waals surface area contributed by atoms with Crippen molar-refractivity contribution in [3.05, 3.63) is 46.9 Å². The molecule has 3 heterocycles. The van der Waals surface area contributed by atoms with Crippen LogP contribution in [-0.4, -0.2) is 41.9 Å². The normalized spacial score (nSPS) is 17.6. The third kappa shape index (κ3) is 4.53. The number of carbonyl (C=O) groups is 1. The molecule has 3 aromatic rings. The van der Waals surface area contributed by atoms with E-state index in [4.69, 9.17) is 4.52 Å². The topological polar surface area (TPSA) is 105 Å². The lowest BCUT2D eigenvalue weighted by Crippen LogP contribution is -2.43. The Balaban J connectivity index is 1.48. The summed E-state index contributed by atoms with van der Waals surface area (Å²) in [4.78, 5) is 16.9. The van der Waals surface area contributed by atoms with Gasteiger partial charge in [-0.25, -0.2) is 12.8 Å². The minimum absolute atomic E-state index is 0.0863. The van der Waals surface area contributed by atoms with Crippen molar-refractivity contribution in [2.45, 2.75) is 30.9 Å². The number of nitrogens with one attached hydrogen (secondary N) is 1. The lowest BCUT2D eigenvalue weighted by atomic mass is 9.98. The third-order valence-electron chi connectivity index (χ3n) is 5.16. The number of nitrogens with zero attached hydrogens (tertiary/aromatic N) is 3. The van der Waals surface area contributed by atoms with Gasteiger partial charge in [-0.05, 0) is 49.6 Å². The minimum atomic E-state index is -3.76. The van der Waals surface area contributed by atoms with Crippen molar-refractivity contribution >= 4 is 33.0 Å². The average Bonchev–Trinajstić information content (AvgIpc) is 3.39. The van der Waals surface area contributed by atoms with Gasteiger partial charge in [0, 0.05) is 36.6 Å². The van der Waals surface area contributed by atoms with Crippen LogP contribution in [0, 0.1) is 25.6 Å². The highest BCUT2D eigenvalue weighted by Gasteiger charge is 2.34. The van der Waals surface area contributed by atoms with Gasteiger partial charge in [-0.3, -0.25) is 4.79 Å². The summed E-state index contributed by atoms with van der Waals surface area (Å²) in [6, 6.07) is 5.65. The van der Waals surface area contributed by atoms with E-state index in [-0.39, 0.29) is 22.5 Å². The van der Waals surface area contributed by atoms with Crippen molar-refractivity contribution in [3.8, 4) is 11.4 Å². The molecule has 31 heavy (non-hydrogen) atoms. The lowest BCUT2D eigenvalue weighted by Gasteiger charge is -2.30. The van der Waals surface area contributed by atoms with Crippen molar-refractivity contribution < 1.29 is 22.1 Å². The SMILES string of the molecule is Cc1nc(-c2csc(S(=O)(=O)N3CCCC(C(=O)Nc4ccc(F)cc4C)C3)c2)no1. The van der Waals surface area contributed by atoms with Crippen molar-refractivity contribution in [2.75, 3.05) is 18.4 Å². The summed E-state index contributed by atoms with van der Waals surface area (Å²) in [6.07, 6.45) is 1.15. The number of benzene rings is 1. The van der Waals surface area contributed by atoms with Crippen molar-refractivity contribution in [2.24, 2.45) is 5.92 Å². The molecule has 8 nitrogen and oxygen atoms in total. The van der Waals surface area contributed by atoms with Crippen LogP contribution in [0.15, 0.2) is 38.4 Å². The summed E-state index contributed by atoms with van der Waals surface area (Å²) in [7, 11) is -3.76. The number of aromatic nitrogens is 2. The van der Waals surface area contributed by atoms with Gasteiger partial charge in [-0.2, -0.15) is 9.29 Å². The van der Waals surface area contributed by atoms with Gasteiger partial charge in [0.2, 0.25) is 17.6 Å². The molecule has 0 bridgehead atoms. The molecule has 4 rings (SSSR count). The number of thiophene rings is 1. The Morgan fingerprint density at radius 1 is 1.32 bits per heavy atom. The summed E-state index contributed by atoms with van der Waals surface area (Å²) in [5.74, 6) is -0.416. The largest absolute Gasteiger partial charge is 0.339 e. The van der Waals surface area contributed by atoms with E-state index >= 15 is 0 Å². The Bertz CT molecular complexity index is 1220. The molecule has 1 N–H and O–H groups in total. The third-order valence-corrected chi connectivity index (χ3v) is 8.44. The van der Waals surface area contributed by atoms with Crippen LogP contribution < -0.4 is 5.32 Å². The van der Waals surface area contributed by atoms with E-state index in [2.05, 4.69) is 15.5 Å². The first-order valence-electron chi connectivity index (χ1n) is 9.70. The Kier molecular flexibility index (Phi) is 5.91. The van der Waals surface area contributed by atoms with Crippen LogP contribution in [0.2, 0.25) is 0 Å². The van der Waals surface area contributed by atoms with E-state index in [1.165, 1.54) is 28.6 Å². The molecule has 1 aliphatic rings. The molecule has 1 amide bonds. The number of aryl methyl sites for hydroxylation is 2. The van der Waals surface area contributed by atoms with Gasteiger partial charge in [-0.1, -0.05) is 5.16 Å². The van der Waals surface area contributed by atoms with Crippen molar-refractivity contribution in [1.29, 1.82) is 0 Å². The smallest absolute Gasteiger partial charge is 0.252 e. The van der Waals surface area contributed by atoms with E-state index < -0.39 is 15.9 Å². The van der Waals surface area contributed by atoms with Crippen LogP contribution in [0.1, 0.15) is 24.3 Å². The Hall–Kier alpha value is -2.63. The standard InChI is InChI=1S/C20H21FN4O4S2/c1-12-8-16(21)5-6-17(12)23-20(26)14-4-3-7-25(10-14)31(27,28)18-9-15(11-30-18)19-22-13(2)29-24-19/h5-6,8-9,11,14H,3-4,7,10H2,1-2H3,(H,23,26). The molecular weight excluding hydrogens is 443 g/mol. The fourth-order valence-electron chi connectivity index (χ4n) is 3.49.